The number of benzene rings is 1. The number of rotatable bonds is 5. The first-order valence-electron chi connectivity index (χ1n) is 7.34. The highest BCUT2D eigenvalue weighted by Crippen LogP contribution is 2.32. The fourth-order valence-electron chi connectivity index (χ4n) is 2.17. The second kappa shape index (κ2) is 7.54. The van der Waals surface area contributed by atoms with E-state index in [-0.39, 0.29) is 22.3 Å². The van der Waals surface area contributed by atoms with Crippen LogP contribution in [0.3, 0.4) is 0 Å². The van der Waals surface area contributed by atoms with Crippen LogP contribution < -0.4 is 10.4 Å². The molecule has 3 rings (SSSR count). The number of nitrogens with zero attached hydrogens (tertiary/aromatic N) is 1. The first-order chi connectivity index (χ1) is 12.4. The molecule has 1 aliphatic rings. The topological polar surface area (TPSA) is 103 Å². The zero-order valence-corrected chi connectivity index (χ0v) is 14.8. The minimum atomic E-state index is -1.30. The monoisotopic (exact) mass is 387 g/mol. The van der Waals surface area contributed by atoms with E-state index in [1.165, 1.54) is 35.4 Å². The van der Waals surface area contributed by atoms with E-state index in [4.69, 9.17) is 16.6 Å². The van der Waals surface area contributed by atoms with Gasteiger partial charge in [-0.15, -0.1) is 0 Å². The molecule has 0 bridgehead atoms. The number of carboxylic acid groups (broad SMARTS) is 1. The third-order valence-corrected chi connectivity index (χ3v) is 4.77. The minimum Gasteiger partial charge on any atom is -0.545 e. The number of amides is 2. The van der Waals surface area contributed by atoms with Crippen LogP contribution in [0.4, 0.5) is 5.69 Å². The summed E-state index contributed by atoms with van der Waals surface area (Å²) in [5, 5.41) is 13.3. The predicted octanol–water partition coefficient (Wildman–Crippen LogP) is 1.48. The maximum Gasteiger partial charge on any atom is 0.266 e. The smallest absolute Gasteiger partial charge is 0.266 e. The minimum absolute atomic E-state index is 0.00278. The van der Waals surface area contributed by atoms with Crippen LogP contribution in [0.1, 0.15) is 16.1 Å². The number of nitrogens with one attached hydrogen (secondary N) is 1. The Balaban J connectivity index is 1.64. The van der Waals surface area contributed by atoms with Gasteiger partial charge in [-0.05, 0) is 29.8 Å². The van der Waals surface area contributed by atoms with Crippen molar-refractivity contribution in [1.29, 1.82) is 0 Å². The van der Waals surface area contributed by atoms with Crippen molar-refractivity contribution in [3.05, 3.63) is 58.9 Å². The Hall–Kier alpha value is -2.91. The molecule has 0 atom stereocenters. The lowest BCUT2D eigenvalue weighted by molar-refractivity contribution is -0.255. The van der Waals surface area contributed by atoms with Gasteiger partial charge in [0.25, 0.3) is 5.91 Å². The number of anilines is 1. The van der Waals surface area contributed by atoms with Crippen LogP contribution in [-0.4, -0.2) is 33.5 Å². The summed E-state index contributed by atoms with van der Waals surface area (Å²) >= 11 is 6.25. The molecule has 132 valence electrons. The maximum absolute atomic E-state index is 12.4. The van der Waals surface area contributed by atoms with Gasteiger partial charge in [0.15, 0.2) is 0 Å². The Labute approximate surface area is 157 Å². The Bertz CT molecular complexity index is 904. The van der Waals surface area contributed by atoms with Crippen molar-refractivity contribution in [3.8, 4) is 0 Å². The van der Waals surface area contributed by atoms with Crippen molar-refractivity contribution < 1.29 is 23.9 Å². The van der Waals surface area contributed by atoms with Crippen LogP contribution in [0.5, 0.6) is 0 Å². The highest BCUT2D eigenvalue weighted by molar-refractivity contribution is 8.26. The molecule has 1 aromatic heterocycles. The summed E-state index contributed by atoms with van der Waals surface area (Å²) in [6.45, 7) is -0.248. The molecule has 0 radical (unpaired) electrons. The zero-order valence-electron chi connectivity index (χ0n) is 13.1. The average molecular weight is 387 g/mol. The van der Waals surface area contributed by atoms with E-state index in [1.54, 1.807) is 18.2 Å². The maximum atomic E-state index is 12.4. The number of carbonyl (C=O) groups excluding carboxylic acids is 3. The van der Waals surface area contributed by atoms with E-state index < -0.39 is 11.9 Å². The molecule has 1 aliphatic heterocycles. The molecule has 0 unspecified atom stereocenters. The molecular weight excluding hydrogens is 376 g/mol. The molecule has 9 heteroatoms. The molecule has 1 fully saturated rings. The Kier molecular flexibility index (Phi) is 5.19. The number of thiocarbonyl (C=S) groups is 1. The van der Waals surface area contributed by atoms with Gasteiger partial charge in [-0.1, -0.05) is 36.1 Å². The van der Waals surface area contributed by atoms with Crippen molar-refractivity contribution in [1.82, 2.24) is 4.90 Å². The van der Waals surface area contributed by atoms with Crippen LogP contribution in [0.25, 0.3) is 6.08 Å². The second-order valence-corrected chi connectivity index (χ2v) is 6.87. The standard InChI is InChI=1S/C17H12N2O5S2/c20-14(18-11-5-3-10(4-6-11)16(22)23)9-19-15(21)13(26-17(19)25)8-12-2-1-7-24-12/h1-8H,9H2,(H,18,20)(H,22,23)/p-1/b13-8-. The summed E-state index contributed by atoms with van der Waals surface area (Å²) in [5.74, 6) is -1.62. The lowest BCUT2D eigenvalue weighted by Crippen LogP contribution is -2.36. The van der Waals surface area contributed by atoms with Crippen molar-refractivity contribution in [2.75, 3.05) is 11.9 Å². The van der Waals surface area contributed by atoms with Gasteiger partial charge in [0.05, 0.1) is 17.1 Å². The summed E-state index contributed by atoms with van der Waals surface area (Å²) in [7, 11) is 0. The second-order valence-electron chi connectivity index (χ2n) is 5.20. The zero-order chi connectivity index (χ0) is 18.7. The van der Waals surface area contributed by atoms with E-state index in [1.807, 2.05) is 0 Å². The van der Waals surface area contributed by atoms with Gasteiger partial charge in [-0.3, -0.25) is 14.5 Å². The predicted molar refractivity (Wildman–Crippen MR) is 98.0 cm³/mol. The molecule has 0 aliphatic carbocycles. The molecule has 2 amide bonds. The number of hydrogen-bond acceptors (Lipinski definition) is 7. The van der Waals surface area contributed by atoms with Crippen molar-refractivity contribution in [2.45, 2.75) is 0 Å². The molecule has 2 aromatic rings. The lowest BCUT2D eigenvalue weighted by Gasteiger charge is -2.14. The van der Waals surface area contributed by atoms with Gasteiger partial charge in [0, 0.05) is 11.8 Å². The normalized spacial score (nSPS) is 15.5. The van der Waals surface area contributed by atoms with Crippen LogP contribution in [-0.2, 0) is 9.59 Å². The number of carbonyl (C=O) groups is 3. The molecule has 0 spiro atoms. The van der Waals surface area contributed by atoms with Crippen molar-refractivity contribution >= 4 is 57.8 Å². The molecule has 26 heavy (non-hydrogen) atoms. The van der Waals surface area contributed by atoms with Gasteiger partial charge in [-0.25, -0.2) is 0 Å². The largest absolute Gasteiger partial charge is 0.545 e. The fourth-order valence-corrected chi connectivity index (χ4v) is 3.41. The molecule has 1 N–H and O–H groups in total. The number of thioether (sulfide) groups is 1. The van der Waals surface area contributed by atoms with E-state index >= 15 is 0 Å². The van der Waals surface area contributed by atoms with E-state index in [0.717, 1.165) is 11.8 Å². The fraction of sp³-hybridized carbons (Fsp3) is 0.0588. The van der Waals surface area contributed by atoms with Crippen LogP contribution >= 0.6 is 24.0 Å². The number of aromatic carboxylic acids is 1. The summed E-state index contributed by atoms with van der Waals surface area (Å²) < 4.78 is 5.44. The summed E-state index contributed by atoms with van der Waals surface area (Å²) in [5.41, 5.74) is 0.402. The molecule has 1 aromatic carbocycles. The first kappa shape index (κ1) is 17.9. The first-order valence-corrected chi connectivity index (χ1v) is 8.56. The number of hydrogen-bond donors (Lipinski definition) is 1. The summed E-state index contributed by atoms with van der Waals surface area (Å²) in [6, 6.07) is 8.91. The van der Waals surface area contributed by atoms with Crippen LogP contribution in [0.15, 0.2) is 52.0 Å². The van der Waals surface area contributed by atoms with Gasteiger partial charge in [-0.2, -0.15) is 0 Å². The molecule has 1 saturated heterocycles. The lowest BCUT2D eigenvalue weighted by atomic mass is 10.2. The quantitative estimate of drug-likeness (QED) is 0.612. The molecule has 7 nitrogen and oxygen atoms in total. The highest BCUT2D eigenvalue weighted by atomic mass is 32.2. The van der Waals surface area contributed by atoms with Gasteiger partial charge >= 0.3 is 0 Å². The van der Waals surface area contributed by atoms with Gasteiger partial charge in [0.2, 0.25) is 5.91 Å². The van der Waals surface area contributed by atoms with Crippen molar-refractivity contribution in [2.24, 2.45) is 0 Å². The Morgan fingerprint density at radius 2 is 2.00 bits per heavy atom. The molecule has 0 saturated carbocycles. The summed E-state index contributed by atoms with van der Waals surface area (Å²) in [6.07, 6.45) is 3.06. The Morgan fingerprint density at radius 1 is 1.27 bits per heavy atom. The third kappa shape index (κ3) is 4.01. The van der Waals surface area contributed by atoms with E-state index in [0.29, 0.717) is 16.4 Å². The number of furan rings is 1. The average Bonchev–Trinajstić information content (AvgIpc) is 3.20. The number of carboxylic acids is 1. The summed E-state index contributed by atoms with van der Waals surface area (Å²) in [4.78, 5) is 36.8. The van der Waals surface area contributed by atoms with Gasteiger partial charge < -0.3 is 19.6 Å². The SMILES string of the molecule is O=C(CN1C(=O)/C(=C/c2ccco2)SC1=S)Nc1ccc(C(=O)[O-])cc1. The Morgan fingerprint density at radius 3 is 2.62 bits per heavy atom. The van der Waals surface area contributed by atoms with E-state index in [2.05, 4.69) is 5.32 Å². The van der Waals surface area contributed by atoms with Gasteiger partial charge in [0.1, 0.15) is 16.6 Å². The van der Waals surface area contributed by atoms with Crippen LogP contribution in [0.2, 0.25) is 0 Å². The third-order valence-electron chi connectivity index (χ3n) is 3.40. The van der Waals surface area contributed by atoms with Crippen molar-refractivity contribution in [3.63, 3.8) is 0 Å². The van der Waals surface area contributed by atoms with E-state index in [9.17, 15) is 19.5 Å². The molecular formula is C17H11N2O5S2-. The van der Waals surface area contributed by atoms with Crippen LogP contribution in [0, 0.1) is 0 Å². The molecule has 2 heterocycles. The highest BCUT2D eigenvalue weighted by Gasteiger charge is 2.33.